The second kappa shape index (κ2) is 8.59. The number of halogens is 4. The normalized spacial score (nSPS) is 16.7. The van der Waals surface area contributed by atoms with Crippen molar-refractivity contribution in [2.75, 3.05) is 27.3 Å². The maximum Gasteiger partial charge on any atom is 0.471 e. The average Bonchev–Trinajstić information content (AvgIpc) is 3.24. The number of ether oxygens (including phenoxy) is 1. The van der Waals surface area contributed by atoms with Gasteiger partial charge in [0, 0.05) is 18.7 Å². The third-order valence-corrected chi connectivity index (χ3v) is 4.90. The van der Waals surface area contributed by atoms with Crippen LogP contribution in [0.3, 0.4) is 0 Å². The maximum absolute atomic E-state index is 14.5. The second-order valence-electron chi connectivity index (χ2n) is 6.75. The molecule has 168 valence electrons. The first-order chi connectivity index (χ1) is 14.6. The summed E-state index contributed by atoms with van der Waals surface area (Å²) in [4.78, 5) is 33.3. The van der Waals surface area contributed by atoms with Crippen LogP contribution in [0, 0.1) is 5.82 Å². The predicted octanol–water partition coefficient (Wildman–Crippen LogP) is 2.19. The number of amides is 1. The lowest BCUT2D eigenvalue weighted by Crippen LogP contribution is -2.60. The molecule has 1 N–H and O–H groups in total. The van der Waals surface area contributed by atoms with Crippen LogP contribution in [-0.2, 0) is 20.5 Å². The first-order valence-corrected chi connectivity index (χ1v) is 9.00. The zero-order valence-corrected chi connectivity index (χ0v) is 16.5. The Morgan fingerprint density at radius 3 is 2.42 bits per heavy atom. The van der Waals surface area contributed by atoms with Crippen molar-refractivity contribution in [1.29, 1.82) is 0 Å². The average molecular weight is 446 g/mol. The highest BCUT2D eigenvalue weighted by atomic mass is 19.4. The smallest absolute Gasteiger partial charge is 0.467 e. The number of piperidine rings is 1. The Morgan fingerprint density at radius 2 is 1.90 bits per heavy atom. The van der Waals surface area contributed by atoms with Crippen LogP contribution in [0.1, 0.15) is 29.1 Å². The molecule has 0 spiro atoms. The molecule has 1 fully saturated rings. The van der Waals surface area contributed by atoms with Crippen LogP contribution in [0.15, 0.2) is 22.7 Å². The van der Waals surface area contributed by atoms with Gasteiger partial charge in [0.05, 0.1) is 19.8 Å². The molecule has 0 aliphatic carbocycles. The number of aromatic nitrogens is 2. The molecule has 1 saturated heterocycles. The number of benzene rings is 1. The molecule has 0 bridgehead atoms. The van der Waals surface area contributed by atoms with Crippen molar-refractivity contribution < 1.29 is 41.2 Å². The first-order valence-electron chi connectivity index (χ1n) is 9.00. The summed E-state index contributed by atoms with van der Waals surface area (Å²) in [7, 11) is 2.67. The summed E-state index contributed by atoms with van der Waals surface area (Å²) < 4.78 is 61.2. The number of methoxy groups -OCH3 is 1. The summed E-state index contributed by atoms with van der Waals surface area (Å²) in [5.41, 5.74) is -1.87. The fraction of sp³-hybridized carbons (Fsp3) is 0.444. The summed E-state index contributed by atoms with van der Waals surface area (Å²) in [5, 5.41) is 7.32. The van der Waals surface area contributed by atoms with Gasteiger partial charge in [0.15, 0.2) is 0 Å². The Morgan fingerprint density at radius 1 is 1.23 bits per heavy atom. The van der Waals surface area contributed by atoms with Gasteiger partial charge in [-0.25, -0.2) is 9.18 Å². The predicted molar refractivity (Wildman–Crippen MR) is 94.7 cm³/mol. The van der Waals surface area contributed by atoms with E-state index in [1.165, 1.54) is 20.3 Å². The highest BCUT2D eigenvalue weighted by molar-refractivity contribution is 5.98. The maximum atomic E-state index is 14.5. The number of hydrogen-bond donors (Lipinski definition) is 1. The summed E-state index contributed by atoms with van der Waals surface area (Å²) in [6, 6.07) is 3.03. The highest BCUT2D eigenvalue weighted by Gasteiger charge is 2.44. The van der Waals surface area contributed by atoms with E-state index in [2.05, 4.69) is 20.0 Å². The van der Waals surface area contributed by atoms with Crippen molar-refractivity contribution in [3.8, 4) is 11.4 Å². The van der Waals surface area contributed by atoms with Crippen molar-refractivity contribution in [2.45, 2.75) is 24.6 Å². The van der Waals surface area contributed by atoms with Gasteiger partial charge < -0.3 is 19.4 Å². The van der Waals surface area contributed by atoms with Crippen molar-refractivity contribution >= 4 is 11.9 Å². The van der Waals surface area contributed by atoms with E-state index in [1.807, 2.05) is 0 Å². The SMILES string of the molecule is COC(=O)C1(NC(=O)c2ccc(-c3noc(C(F)(F)F)n3)c(F)c2)CCN(OC)CC1. The quantitative estimate of drug-likeness (QED) is 0.550. The fourth-order valence-corrected chi connectivity index (χ4v) is 3.20. The summed E-state index contributed by atoms with van der Waals surface area (Å²) in [5.74, 6) is -4.68. The van der Waals surface area contributed by atoms with Crippen LogP contribution in [0.25, 0.3) is 11.4 Å². The number of nitrogens with zero attached hydrogens (tertiary/aromatic N) is 3. The van der Waals surface area contributed by atoms with Crippen LogP contribution in [0.5, 0.6) is 0 Å². The van der Waals surface area contributed by atoms with Crippen molar-refractivity contribution in [3.63, 3.8) is 0 Å². The third kappa shape index (κ3) is 4.66. The molecule has 0 radical (unpaired) electrons. The molecule has 3 rings (SSSR count). The summed E-state index contributed by atoms with van der Waals surface area (Å²) in [6.45, 7) is 0.692. The van der Waals surface area contributed by atoms with Gasteiger partial charge in [-0.1, -0.05) is 5.16 Å². The number of alkyl halides is 3. The molecule has 2 aromatic rings. The Balaban J connectivity index is 1.81. The first kappa shape index (κ1) is 22.6. The third-order valence-electron chi connectivity index (χ3n) is 4.90. The van der Waals surface area contributed by atoms with Gasteiger partial charge in [0.25, 0.3) is 5.91 Å². The van der Waals surface area contributed by atoms with Crippen LogP contribution in [-0.4, -0.2) is 59.9 Å². The second-order valence-corrected chi connectivity index (χ2v) is 6.75. The molecule has 9 nitrogen and oxygen atoms in total. The molecule has 13 heteroatoms. The lowest BCUT2D eigenvalue weighted by Gasteiger charge is -2.39. The van der Waals surface area contributed by atoms with E-state index in [9.17, 15) is 27.2 Å². The number of hydrogen-bond acceptors (Lipinski definition) is 8. The number of carbonyl (C=O) groups excluding carboxylic acids is 2. The molecule has 1 aromatic heterocycles. The standard InChI is InChI=1S/C18H18F4N4O5/c1-29-16(28)17(5-7-26(30-2)8-6-17)24-14(27)10-3-4-11(12(19)9-10)13-23-15(31-25-13)18(20,21)22/h3-4,9H,5-8H2,1-2H3,(H,24,27). The van der Waals surface area contributed by atoms with E-state index in [4.69, 9.17) is 9.57 Å². The zero-order valence-electron chi connectivity index (χ0n) is 16.5. The largest absolute Gasteiger partial charge is 0.471 e. The van der Waals surface area contributed by atoms with Crippen molar-refractivity contribution in [3.05, 3.63) is 35.5 Å². The molecule has 1 aromatic carbocycles. The van der Waals surface area contributed by atoms with Crippen molar-refractivity contribution in [1.82, 2.24) is 20.5 Å². The molecule has 1 amide bonds. The molecule has 1 aliphatic heterocycles. The van der Waals surface area contributed by atoms with Gasteiger partial charge in [0.1, 0.15) is 11.4 Å². The number of nitrogens with one attached hydrogen (secondary N) is 1. The number of esters is 1. The summed E-state index contributed by atoms with van der Waals surface area (Å²) in [6.07, 6.45) is -4.48. The van der Waals surface area contributed by atoms with Gasteiger partial charge >= 0.3 is 18.0 Å². The lowest BCUT2D eigenvalue weighted by atomic mass is 9.87. The van der Waals surface area contributed by atoms with Crippen LogP contribution >= 0.6 is 0 Å². The molecular weight excluding hydrogens is 428 g/mol. The van der Waals surface area contributed by atoms with E-state index in [0.717, 1.165) is 12.1 Å². The minimum atomic E-state index is -4.87. The lowest BCUT2D eigenvalue weighted by molar-refractivity contribution is -0.169. The van der Waals surface area contributed by atoms with Crippen molar-refractivity contribution in [2.24, 2.45) is 0 Å². The number of carbonyl (C=O) groups is 2. The molecule has 31 heavy (non-hydrogen) atoms. The van der Waals surface area contributed by atoms with Crippen LogP contribution in [0.2, 0.25) is 0 Å². The molecule has 0 unspecified atom stereocenters. The number of rotatable bonds is 5. The minimum Gasteiger partial charge on any atom is -0.467 e. The van der Waals surface area contributed by atoms with Gasteiger partial charge in [-0.05, 0) is 31.0 Å². The monoisotopic (exact) mass is 446 g/mol. The Bertz CT molecular complexity index is 970. The van der Waals surface area contributed by atoms with Gasteiger partial charge in [0.2, 0.25) is 5.82 Å². The van der Waals surface area contributed by atoms with Gasteiger partial charge in [-0.2, -0.15) is 23.2 Å². The van der Waals surface area contributed by atoms with Gasteiger partial charge in [-0.3, -0.25) is 4.79 Å². The molecule has 0 atom stereocenters. The highest BCUT2D eigenvalue weighted by Crippen LogP contribution is 2.30. The Hall–Kier alpha value is -3.06. The molecule has 0 saturated carbocycles. The fourth-order valence-electron chi connectivity index (χ4n) is 3.20. The van der Waals surface area contributed by atoms with Crippen LogP contribution < -0.4 is 5.32 Å². The summed E-state index contributed by atoms with van der Waals surface area (Å²) >= 11 is 0. The Kier molecular flexibility index (Phi) is 6.27. The molecular formula is C18H18F4N4O5. The van der Waals surface area contributed by atoms with E-state index in [0.29, 0.717) is 13.1 Å². The Labute approximate surface area is 173 Å². The number of hydroxylamine groups is 2. The van der Waals surface area contributed by atoms with E-state index in [1.54, 1.807) is 5.06 Å². The van der Waals surface area contributed by atoms with E-state index >= 15 is 0 Å². The van der Waals surface area contributed by atoms with Crippen LogP contribution in [0.4, 0.5) is 17.6 Å². The van der Waals surface area contributed by atoms with E-state index < -0.39 is 41.1 Å². The molecule has 2 heterocycles. The van der Waals surface area contributed by atoms with Gasteiger partial charge in [-0.15, -0.1) is 0 Å². The zero-order chi connectivity index (χ0) is 22.8. The minimum absolute atomic E-state index is 0.154. The topological polar surface area (TPSA) is 107 Å². The van der Waals surface area contributed by atoms with E-state index in [-0.39, 0.29) is 24.0 Å². The molecule has 1 aliphatic rings.